The summed E-state index contributed by atoms with van der Waals surface area (Å²) in [6, 6.07) is 10.5. The number of aromatic nitrogens is 2. The first-order valence-corrected chi connectivity index (χ1v) is 9.92. The van der Waals surface area contributed by atoms with Gasteiger partial charge in [0.25, 0.3) is 0 Å². The standard InChI is InChI=1S/C20H20N4O5S/c1-24(8-7-16(25)23-14(20(28)29)10-17(26)27)18-13-9-15(12-5-3-2-4-6-12)30-19(13)22-11-21-18/h2-6,9,11,14H,7-8,10H2,1H3,(H,23,25)(H,26,27)(H,28,29). The van der Waals surface area contributed by atoms with E-state index in [2.05, 4.69) is 15.3 Å². The first-order chi connectivity index (χ1) is 14.3. The minimum atomic E-state index is -1.46. The zero-order chi connectivity index (χ0) is 21.7. The Morgan fingerprint density at radius 3 is 2.57 bits per heavy atom. The average molecular weight is 428 g/mol. The number of carboxylic acid groups (broad SMARTS) is 2. The number of carbonyl (C=O) groups excluding carboxylic acids is 1. The number of amides is 1. The van der Waals surface area contributed by atoms with Crippen LogP contribution in [0.15, 0.2) is 42.7 Å². The molecule has 2 heterocycles. The second-order valence-corrected chi connectivity index (χ2v) is 7.65. The third-order valence-electron chi connectivity index (χ3n) is 4.41. The highest BCUT2D eigenvalue weighted by atomic mass is 32.1. The zero-order valence-electron chi connectivity index (χ0n) is 16.1. The average Bonchev–Trinajstić information content (AvgIpc) is 3.16. The second-order valence-electron chi connectivity index (χ2n) is 6.62. The molecule has 1 unspecified atom stereocenters. The summed E-state index contributed by atoms with van der Waals surface area (Å²) >= 11 is 1.55. The predicted octanol–water partition coefficient (Wildman–Crippen LogP) is 2.23. The van der Waals surface area contributed by atoms with E-state index in [4.69, 9.17) is 10.2 Å². The van der Waals surface area contributed by atoms with E-state index < -0.39 is 30.3 Å². The van der Waals surface area contributed by atoms with Gasteiger partial charge >= 0.3 is 11.9 Å². The number of rotatable bonds is 9. The lowest BCUT2D eigenvalue weighted by Gasteiger charge is -2.19. The molecule has 0 fully saturated rings. The number of hydrogen-bond donors (Lipinski definition) is 3. The molecule has 3 rings (SSSR count). The van der Waals surface area contributed by atoms with E-state index in [0.29, 0.717) is 5.82 Å². The summed E-state index contributed by atoms with van der Waals surface area (Å²) in [5.74, 6) is -2.57. The molecule has 1 atom stereocenters. The minimum absolute atomic E-state index is 0.0128. The van der Waals surface area contributed by atoms with Crippen molar-refractivity contribution in [1.29, 1.82) is 0 Å². The van der Waals surface area contributed by atoms with Gasteiger partial charge in [-0.15, -0.1) is 11.3 Å². The number of carboxylic acids is 2. The van der Waals surface area contributed by atoms with Crippen molar-refractivity contribution in [2.45, 2.75) is 18.9 Å². The topological polar surface area (TPSA) is 133 Å². The molecule has 0 spiro atoms. The van der Waals surface area contributed by atoms with Crippen molar-refractivity contribution in [3.05, 3.63) is 42.7 Å². The third-order valence-corrected chi connectivity index (χ3v) is 5.51. The normalized spacial score (nSPS) is 11.8. The summed E-state index contributed by atoms with van der Waals surface area (Å²) in [6.45, 7) is 0.272. The van der Waals surface area contributed by atoms with Gasteiger partial charge in [0, 0.05) is 24.9 Å². The van der Waals surface area contributed by atoms with Crippen molar-refractivity contribution in [3.8, 4) is 10.4 Å². The molecule has 10 heteroatoms. The lowest BCUT2D eigenvalue weighted by Crippen LogP contribution is -2.43. The van der Waals surface area contributed by atoms with E-state index in [1.165, 1.54) is 6.33 Å². The van der Waals surface area contributed by atoms with Crippen LogP contribution >= 0.6 is 11.3 Å². The Balaban J connectivity index is 1.70. The molecule has 0 radical (unpaired) electrons. The van der Waals surface area contributed by atoms with Gasteiger partial charge in [0.05, 0.1) is 11.8 Å². The highest BCUT2D eigenvalue weighted by Crippen LogP contribution is 2.35. The second kappa shape index (κ2) is 9.31. The minimum Gasteiger partial charge on any atom is -0.481 e. The molecule has 0 saturated heterocycles. The van der Waals surface area contributed by atoms with Gasteiger partial charge in [-0.1, -0.05) is 30.3 Å². The van der Waals surface area contributed by atoms with Crippen molar-refractivity contribution in [2.75, 3.05) is 18.5 Å². The van der Waals surface area contributed by atoms with Crippen molar-refractivity contribution in [3.63, 3.8) is 0 Å². The van der Waals surface area contributed by atoms with Crippen LogP contribution in [-0.2, 0) is 14.4 Å². The van der Waals surface area contributed by atoms with E-state index in [9.17, 15) is 14.4 Å². The summed E-state index contributed by atoms with van der Waals surface area (Å²) in [5.41, 5.74) is 1.08. The van der Waals surface area contributed by atoms with Crippen LogP contribution in [0.25, 0.3) is 20.7 Å². The Morgan fingerprint density at radius 1 is 1.17 bits per heavy atom. The van der Waals surface area contributed by atoms with E-state index >= 15 is 0 Å². The summed E-state index contributed by atoms with van der Waals surface area (Å²) in [6.07, 6.45) is 0.772. The molecule has 0 saturated carbocycles. The zero-order valence-corrected chi connectivity index (χ0v) is 16.9. The molecule has 0 aliphatic heterocycles. The molecule has 156 valence electrons. The fraction of sp³-hybridized carbons (Fsp3) is 0.250. The summed E-state index contributed by atoms with van der Waals surface area (Å²) in [4.78, 5) is 46.3. The van der Waals surface area contributed by atoms with Gasteiger partial charge in [-0.25, -0.2) is 14.8 Å². The number of fused-ring (bicyclic) bond motifs is 1. The van der Waals surface area contributed by atoms with Gasteiger partial charge in [-0.05, 0) is 11.6 Å². The van der Waals surface area contributed by atoms with Crippen LogP contribution in [0.5, 0.6) is 0 Å². The largest absolute Gasteiger partial charge is 0.481 e. The van der Waals surface area contributed by atoms with Crippen LogP contribution in [0.3, 0.4) is 0 Å². The summed E-state index contributed by atoms with van der Waals surface area (Å²) in [7, 11) is 1.78. The molecule has 0 bridgehead atoms. The maximum atomic E-state index is 12.1. The Labute approximate surface area is 176 Å². The number of carbonyl (C=O) groups is 3. The SMILES string of the molecule is CN(CCC(=O)NC(CC(=O)O)C(=O)O)c1ncnc2sc(-c3ccccc3)cc12. The highest BCUT2D eigenvalue weighted by Gasteiger charge is 2.23. The number of hydrogen-bond acceptors (Lipinski definition) is 7. The van der Waals surface area contributed by atoms with Gasteiger partial charge in [0.2, 0.25) is 5.91 Å². The molecule has 2 aromatic heterocycles. The molecular weight excluding hydrogens is 408 g/mol. The van der Waals surface area contributed by atoms with Crippen LogP contribution in [0.2, 0.25) is 0 Å². The van der Waals surface area contributed by atoms with Crippen LogP contribution in [0.4, 0.5) is 5.82 Å². The number of nitrogens with one attached hydrogen (secondary N) is 1. The molecule has 0 aliphatic carbocycles. The maximum absolute atomic E-state index is 12.1. The maximum Gasteiger partial charge on any atom is 0.326 e. The van der Waals surface area contributed by atoms with Crippen molar-refractivity contribution in [1.82, 2.24) is 15.3 Å². The van der Waals surface area contributed by atoms with Crippen LogP contribution < -0.4 is 10.2 Å². The number of nitrogens with zero attached hydrogens (tertiary/aromatic N) is 3. The van der Waals surface area contributed by atoms with Crippen LogP contribution in [0.1, 0.15) is 12.8 Å². The van der Waals surface area contributed by atoms with E-state index in [0.717, 1.165) is 20.7 Å². The third kappa shape index (κ3) is 5.09. The number of aliphatic carboxylic acids is 2. The van der Waals surface area contributed by atoms with Gasteiger partial charge < -0.3 is 20.4 Å². The lowest BCUT2D eigenvalue weighted by atomic mass is 10.2. The monoisotopic (exact) mass is 428 g/mol. The highest BCUT2D eigenvalue weighted by molar-refractivity contribution is 7.21. The van der Waals surface area contributed by atoms with Crippen molar-refractivity contribution >= 4 is 45.2 Å². The van der Waals surface area contributed by atoms with E-state index in [1.54, 1.807) is 23.3 Å². The van der Waals surface area contributed by atoms with Crippen LogP contribution in [-0.4, -0.2) is 57.7 Å². The fourth-order valence-corrected chi connectivity index (χ4v) is 3.91. The van der Waals surface area contributed by atoms with E-state index in [1.807, 2.05) is 36.4 Å². The number of benzene rings is 1. The molecule has 3 N–H and O–H groups in total. The molecule has 30 heavy (non-hydrogen) atoms. The molecule has 3 aromatic rings. The summed E-state index contributed by atoms with van der Waals surface area (Å²) < 4.78 is 0. The molecule has 1 amide bonds. The Kier molecular flexibility index (Phi) is 6.58. The quantitative estimate of drug-likeness (QED) is 0.473. The predicted molar refractivity (Wildman–Crippen MR) is 113 cm³/mol. The first kappa shape index (κ1) is 21.2. The summed E-state index contributed by atoms with van der Waals surface area (Å²) in [5, 5.41) is 20.9. The molecule has 0 aliphatic rings. The first-order valence-electron chi connectivity index (χ1n) is 9.10. The van der Waals surface area contributed by atoms with Crippen molar-refractivity contribution in [2.24, 2.45) is 0 Å². The lowest BCUT2D eigenvalue weighted by molar-refractivity contribution is -0.147. The molecule has 9 nitrogen and oxygen atoms in total. The van der Waals surface area contributed by atoms with Crippen LogP contribution in [0, 0.1) is 0 Å². The smallest absolute Gasteiger partial charge is 0.326 e. The number of thiophene rings is 1. The van der Waals surface area contributed by atoms with Gasteiger partial charge in [0.15, 0.2) is 0 Å². The fourth-order valence-electron chi connectivity index (χ4n) is 2.91. The van der Waals surface area contributed by atoms with E-state index in [-0.39, 0.29) is 13.0 Å². The van der Waals surface area contributed by atoms with Gasteiger partial charge in [0.1, 0.15) is 23.0 Å². The Bertz CT molecular complexity index is 1070. The number of anilines is 1. The van der Waals surface area contributed by atoms with Gasteiger partial charge in [-0.2, -0.15) is 0 Å². The molecular formula is C20H20N4O5S. The Hall–Kier alpha value is -3.53. The molecule has 1 aromatic carbocycles. The van der Waals surface area contributed by atoms with Gasteiger partial charge in [-0.3, -0.25) is 9.59 Å². The van der Waals surface area contributed by atoms with Crippen molar-refractivity contribution < 1.29 is 24.6 Å². The Morgan fingerprint density at radius 2 is 1.90 bits per heavy atom.